The summed E-state index contributed by atoms with van der Waals surface area (Å²) < 4.78 is 10.3. The fourth-order valence-electron chi connectivity index (χ4n) is 6.96. The van der Waals surface area contributed by atoms with Gasteiger partial charge < -0.3 is 20.1 Å². The van der Waals surface area contributed by atoms with Crippen LogP contribution in [0.4, 0.5) is 21.0 Å². The van der Waals surface area contributed by atoms with Crippen LogP contribution >= 0.6 is 0 Å². The monoisotopic (exact) mass is 434 g/mol. The van der Waals surface area contributed by atoms with Crippen molar-refractivity contribution < 1.29 is 19.1 Å². The van der Waals surface area contributed by atoms with E-state index in [9.17, 15) is 9.59 Å². The molecule has 2 saturated heterocycles. The maximum atomic E-state index is 12.8. The lowest BCUT2D eigenvalue weighted by molar-refractivity contribution is 0.0908. The van der Waals surface area contributed by atoms with Crippen LogP contribution < -0.4 is 10.6 Å². The van der Waals surface area contributed by atoms with Gasteiger partial charge in [0.15, 0.2) is 0 Å². The van der Waals surface area contributed by atoms with E-state index in [0.29, 0.717) is 13.1 Å². The first-order valence-electron chi connectivity index (χ1n) is 11.0. The van der Waals surface area contributed by atoms with Gasteiger partial charge >= 0.3 is 12.2 Å². The Hall–Kier alpha value is -3.42. The van der Waals surface area contributed by atoms with Gasteiger partial charge in [-0.15, -0.1) is 0 Å². The Morgan fingerprint density at radius 1 is 0.781 bits per heavy atom. The van der Waals surface area contributed by atoms with E-state index in [1.165, 1.54) is 25.3 Å². The zero-order valence-electron chi connectivity index (χ0n) is 18.1. The SMILES string of the molecule is COC(=O)N1CC[C@]2([C@]34CCN(C(=O)OC)[C@H]3Nc3ccccc34)c3ccccc3N[C@H]12. The smallest absolute Gasteiger partial charge is 0.411 e. The Balaban J connectivity index is 1.61. The number of methoxy groups -OCH3 is 2. The van der Waals surface area contributed by atoms with Gasteiger partial charge in [-0.25, -0.2) is 9.59 Å². The number of hydrogen-bond acceptors (Lipinski definition) is 6. The molecule has 2 amide bonds. The second-order valence-electron chi connectivity index (χ2n) is 8.95. The van der Waals surface area contributed by atoms with Crippen LogP contribution in [0.2, 0.25) is 0 Å². The fourth-order valence-corrected chi connectivity index (χ4v) is 6.96. The summed E-state index contributed by atoms with van der Waals surface area (Å²) in [5.41, 5.74) is 3.55. The van der Waals surface area contributed by atoms with Crippen molar-refractivity contribution in [3.8, 4) is 0 Å². The molecule has 0 saturated carbocycles. The van der Waals surface area contributed by atoms with Gasteiger partial charge in [-0.05, 0) is 36.1 Å². The third-order valence-electron chi connectivity index (χ3n) is 8.07. The molecule has 4 atom stereocenters. The van der Waals surface area contributed by atoms with Crippen molar-refractivity contribution in [3.05, 3.63) is 59.7 Å². The quantitative estimate of drug-likeness (QED) is 0.717. The third kappa shape index (κ3) is 2.07. The average molecular weight is 434 g/mol. The molecule has 0 aliphatic carbocycles. The lowest BCUT2D eigenvalue weighted by Gasteiger charge is -2.48. The summed E-state index contributed by atoms with van der Waals surface area (Å²) in [6.07, 6.45) is 0.288. The number of rotatable bonds is 1. The number of para-hydroxylation sites is 2. The van der Waals surface area contributed by atoms with Crippen molar-refractivity contribution in [1.29, 1.82) is 0 Å². The van der Waals surface area contributed by atoms with E-state index in [0.717, 1.165) is 24.2 Å². The molecule has 166 valence electrons. The highest BCUT2D eigenvalue weighted by atomic mass is 16.5. The Labute approximate surface area is 186 Å². The largest absolute Gasteiger partial charge is 0.453 e. The van der Waals surface area contributed by atoms with Crippen LogP contribution in [0.15, 0.2) is 48.5 Å². The second-order valence-corrected chi connectivity index (χ2v) is 8.95. The third-order valence-corrected chi connectivity index (χ3v) is 8.07. The van der Waals surface area contributed by atoms with Crippen LogP contribution in [0.3, 0.4) is 0 Å². The molecular formula is C24H26N4O4. The van der Waals surface area contributed by atoms with Crippen molar-refractivity contribution in [2.45, 2.75) is 36.0 Å². The molecule has 6 rings (SSSR count). The molecule has 0 radical (unpaired) electrons. The molecule has 4 aliphatic heterocycles. The van der Waals surface area contributed by atoms with E-state index >= 15 is 0 Å². The predicted molar refractivity (Wildman–Crippen MR) is 119 cm³/mol. The number of likely N-dealkylation sites (tertiary alicyclic amines) is 2. The van der Waals surface area contributed by atoms with Crippen LogP contribution in [-0.4, -0.2) is 61.6 Å². The van der Waals surface area contributed by atoms with Crippen molar-refractivity contribution in [2.75, 3.05) is 37.9 Å². The lowest BCUT2D eigenvalue weighted by atomic mass is 9.55. The highest BCUT2D eigenvalue weighted by molar-refractivity contribution is 5.78. The zero-order chi connectivity index (χ0) is 22.1. The van der Waals surface area contributed by atoms with Crippen LogP contribution in [0.5, 0.6) is 0 Å². The summed E-state index contributed by atoms with van der Waals surface area (Å²) in [5, 5.41) is 7.28. The molecule has 0 aromatic heterocycles. The standard InChI is InChI=1S/C24H26N4O4/c1-31-21(29)27-13-11-23(15-7-3-5-9-17(15)25-19(23)27)24-12-14-28(22(30)32-2)20(24)26-18-10-6-4-8-16(18)24/h3-10,19-20,25-26H,11-14H2,1-2H3/t19-,20-,23+,24+/m1/s1. The topological polar surface area (TPSA) is 83.1 Å². The Morgan fingerprint density at radius 2 is 1.19 bits per heavy atom. The number of ether oxygens (including phenoxy) is 2. The summed E-state index contributed by atoms with van der Waals surface area (Å²) in [5.74, 6) is 0. The molecule has 0 unspecified atom stereocenters. The van der Waals surface area contributed by atoms with E-state index in [2.05, 4.69) is 47.0 Å². The van der Waals surface area contributed by atoms with Gasteiger partial charge in [0.05, 0.1) is 25.0 Å². The van der Waals surface area contributed by atoms with E-state index in [-0.39, 0.29) is 24.5 Å². The number of nitrogens with one attached hydrogen (secondary N) is 2. The van der Waals surface area contributed by atoms with Crippen LogP contribution in [0.1, 0.15) is 24.0 Å². The predicted octanol–water partition coefficient (Wildman–Crippen LogP) is 3.31. The molecule has 0 spiro atoms. The van der Waals surface area contributed by atoms with Crippen molar-refractivity contribution >= 4 is 23.6 Å². The van der Waals surface area contributed by atoms with E-state index in [1.54, 1.807) is 9.80 Å². The maximum absolute atomic E-state index is 12.8. The Morgan fingerprint density at radius 3 is 1.59 bits per heavy atom. The second kappa shape index (κ2) is 6.54. The summed E-state index contributed by atoms with van der Waals surface area (Å²) in [7, 11) is 2.85. The minimum absolute atomic E-state index is 0.277. The average Bonchev–Trinajstić information content (AvgIpc) is 3.54. The van der Waals surface area contributed by atoms with E-state index in [4.69, 9.17) is 9.47 Å². The summed E-state index contributed by atoms with van der Waals surface area (Å²) >= 11 is 0. The molecule has 0 bridgehead atoms. The number of carbonyl (C=O) groups excluding carboxylic acids is 2. The number of carbonyl (C=O) groups is 2. The summed E-state index contributed by atoms with van der Waals surface area (Å²) in [6, 6.07) is 16.6. The molecule has 2 aromatic rings. The molecule has 8 heteroatoms. The van der Waals surface area contributed by atoms with Crippen LogP contribution in [0.25, 0.3) is 0 Å². The van der Waals surface area contributed by atoms with Crippen LogP contribution in [-0.2, 0) is 20.3 Å². The van der Waals surface area contributed by atoms with E-state index in [1.807, 2.05) is 12.1 Å². The highest BCUT2D eigenvalue weighted by Gasteiger charge is 2.73. The number of anilines is 2. The van der Waals surface area contributed by atoms with Gasteiger partial charge in [0.25, 0.3) is 0 Å². The highest BCUT2D eigenvalue weighted by Crippen LogP contribution is 2.66. The fraction of sp³-hybridized carbons (Fsp3) is 0.417. The first-order chi connectivity index (χ1) is 15.6. The van der Waals surface area contributed by atoms with Gasteiger partial charge in [0, 0.05) is 24.5 Å². The van der Waals surface area contributed by atoms with Crippen LogP contribution in [0, 0.1) is 0 Å². The van der Waals surface area contributed by atoms with Gasteiger partial charge in [-0.2, -0.15) is 0 Å². The van der Waals surface area contributed by atoms with Crippen molar-refractivity contribution in [2.24, 2.45) is 0 Å². The molecule has 4 aliphatic rings. The number of hydrogen-bond donors (Lipinski definition) is 2. The first-order valence-corrected chi connectivity index (χ1v) is 11.0. The van der Waals surface area contributed by atoms with E-state index < -0.39 is 10.8 Å². The lowest BCUT2D eigenvalue weighted by Crippen LogP contribution is -2.61. The molecule has 2 fully saturated rings. The van der Waals surface area contributed by atoms with Gasteiger partial charge in [0.1, 0.15) is 12.3 Å². The normalized spacial score (nSPS) is 31.2. The summed E-state index contributed by atoms with van der Waals surface area (Å²) in [6.45, 7) is 1.15. The number of fused-ring (bicyclic) bond motifs is 7. The summed E-state index contributed by atoms with van der Waals surface area (Å²) in [4.78, 5) is 29.2. The molecule has 2 aromatic carbocycles. The van der Waals surface area contributed by atoms with Crippen molar-refractivity contribution in [1.82, 2.24) is 9.80 Å². The molecule has 8 nitrogen and oxygen atoms in total. The minimum atomic E-state index is -0.440. The maximum Gasteiger partial charge on any atom is 0.411 e. The Bertz CT molecular complexity index is 1040. The molecular weight excluding hydrogens is 408 g/mol. The first kappa shape index (κ1) is 19.3. The number of nitrogens with zero attached hydrogens (tertiary/aromatic N) is 2. The van der Waals surface area contributed by atoms with Gasteiger partial charge in [-0.1, -0.05) is 36.4 Å². The zero-order valence-corrected chi connectivity index (χ0v) is 18.1. The molecule has 32 heavy (non-hydrogen) atoms. The number of amides is 2. The van der Waals surface area contributed by atoms with Gasteiger partial charge in [-0.3, -0.25) is 9.80 Å². The minimum Gasteiger partial charge on any atom is -0.453 e. The molecule has 2 N–H and O–H groups in total. The molecule has 4 heterocycles. The Kier molecular flexibility index (Phi) is 3.94. The van der Waals surface area contributed by atoms with Gasteiger partial charge in [0.2, 0.25) is 0 Å². The van der Waals surface area contributed by atoms with Crippen molar-refractivity contribution in [3.63, 3.8) is 0 Å². The number of benzene rings is 2.